The molecule has 2 aromatic rings. The summed E-state index contributed by atoms with van der Waals surface area (Å²) in [6.07, 6.45) is 1.24. The first kappa shape index (κ1) is 21.0. The van der Waals surface area contributed by atoms with E-state index in [-0.39, 0.29) is 17.7 Å². The topological polar surface area (TPSA) is 81.2 Å². The van der Waals surface area contributed by atoms with E-state index in [1.807, 2.05) is 30.3 Å². The van der Waals surface area contributed by atoms with Crippen molar-refractivity contribution in [1.29, 1.82) is 0 Å². The van der Waals surface area contributed by atoms with Gasteiger partial charge in [-0.25, -0.2) is 9.00 Å². The van der Waals surface area contributed by atoms with Crippen LogP contribution in [0.5, 0.6) is 0 Å². The number of para-hydroxylation sites is 1. The van der Waals surface area contributed by atoms with Gasteiger partial charge in [0.2, 0.25) is 0 Å². The molecule has 8 heteroatoms. The number of benzene rings is 2. The van der Waals surface area contributed by atoms with E-state index in [1.165, 1.54) is 11.4 Å². The molecule has 1 aliphatic heterocycles. The Kier molecular flexibility index (Phi) is 6.66. The molecule has 29 heavy (non-hydrogen) atoms. The number of anilines is 2. The summed E-state index contributed by atoms with van der Waals surface area (Å²) >= 11 is -2.10. The highest BCUT2D eigenvalue weighted by Gasteiger charge is 2.29. The van der Waals surface area contributed by atoms with Crippen molar-refractivity contribution in [3.05, 3.63) is 60.2 Å². The van der Waals surface area contributed by atoms with E-state index in [2.05, 4.69) is 0 Å². The number of rotatable bonds is 5. The fraction of sp³-hybridized carbons (Fsp3) is 0.333. The number of amides is 2. The van der Waals surface area contributed by atoms with Crippen molar-refractivity contribution in [2.24, 2.45) is 5.92 Å². The van der Waals surface area contributed by atoms with Gasteiger partial charge in [-0.05, 0) is 49.2 Å². The lowest BCUT2D eigenvalue weighted by molar-refractivity contribution is 0.0857. The molecule has 1 aliphatic rings. The van der Waals surface area contributed by atoms with Crippen LogP contribution in [0, 0.1) is 5.92 Å². The van der Waals surface area contributed by atoms with Crippen molar-refractivity contribution in [2.75, 3.05) is 36.4 Å². The van der Waals surface area contributed by atoms with E-state index < -0.39 is 11.3 Å². The highest BCUT2D eigenvalue weighted by Crippen LogP contribution is 2.25. The lowest BCUT2D eigenvalue weighted by atomic mass is 9.89. The number of ketones is 1. The molecular formula is C21H25N3O4S. The van der Waals surface area contributed by atoms with Crippen LogP contribution >= 0.6 is 0 Å². The number of carbonyl (C=O) groups is 2. The maximum Gasteiger partial charge on any atom is 0.324 e. The molecule has 1 heterocycles. The van der Waals surface area contributed by atoms with Gasteiger partial charge >= 0.3 is 6.03 Å². The lowest BCUT2D eigenvalue weighted by Gasteiger charge is -2.34. The summed E-state index contributed by atoms with van der Waals surface area (Å²) in [6, 6.07) is 16.1. The Morgan fingerprint density at radius 2 is 1.55 bits per heavy atom. The summed E-state index contributed by atoms with van der Waals surface area (Å²) in [7, 11) is 3.26. The Hall–Kier alpha value is -2.71. The molecule has 154 valence electrons. The number of piperidine rings is 1. The van der Waals surface area contributed by atoms with Gasteiger partial charge < -0.3 is 4.90 Å². The van der Waals surface area contributed by atoms with Gasteiger partial charge in [-0.1, -0.05) is 18.2 Å². The highest BCUT2D eigenvalue weighted by atomic mass is 32.2. The molecule has 1 unspecified atom stereocenters. The van der Waals surface area contributed by atoms with Crippen LogP contribution in [0.1, 0.15) is 23.2 Å². The second-order valence-corrected chi connectivity index (χ2v) is 8.09. The van der Waals surface area contributed by atoms with Gasteiger partial charge in [-0.15, -0.1) is 0 Å². The van der Waals surface area contributed by atoms with Crippen LogP contribution in [0.15, 0.2) is 54.6 Å². The third-order valence-electron chi connectivity index (χ3n) is 5.32. The zero-order valence-corrected chi connectivity index (χ0v) is 17.3. The van der Waals surface area contributed by atoms with Gasteiger partial charge in [0.15, 0.2) is 5.78 Å². The first-order valence-electron chi connectivity index (χ1n) is 9.45. The van der Waals surface area contributed by atoms with Crippen molar-refractivity contribution >= 4 is 34.5 Å². The molecule has 0 saturated carbocycles. The molecule has 1 N–H and O–H groups in total. The minimum Gasteiger partial charge on any atom is -0.324 e. The van der Waals surface area contributed by atoms with Gasteiger partial charge in [-0.2, -0.15) is 0 Å². The quantitative estimate of drug-likeness (QED) is 0.599. The van der Waals surface area contributed by atoms with Gasteiger partial charge in [0.25, 0.3) is 11.3 Å². The monoisotopic (exact) mass is 415 g/mol. The fourth-order valence-corrected chi connectivity index (χ4v) is 3.77. The molecule has 0 aromatic heterocycles. The van der Waals surface area contributed by atoms with Crippen molar-refractivity contribution in [1.82, 2.24) is 4.90 Å². The Bertz CT molecular complexity index is 881. The minimum absolute atomic E-state index is 0.0489. The normalized spacial score (nSPS) is 15.6. The fourth-order valence-electron chi connectivity index (χ4n) is 3.47. The van der Waals surface area contributed by atoms with Crippen LogP contribution in [-0.2, 0) is 11.3 Å². The summed E-state index contributed by atoms with van der Waals surface area (Å²) in [5.74, 6) is -0.0792. The van der Waals surface area contributed by atoms with Gasteiger partial charge in [-0.3, -0.25) is 18.6 Å². The summed E-state index contributed by atoms with van der Waals surface area (Å²) < 4.78 is 21.5. The van der Waals surface area contributed by atoms with Gasteiger partial charge in [0.1, 0.15) is 0 Å². The Labute approximate surface area is 173 Å². The Morgan fingerprint density at radius 3 is 2.10 bits per heavy atom. The highest BCUT2D eigenvalue weighted by molar-refractivity contribution is 7.80. The van der Waals surface area contributed by atoms with Crippen molar-refractivity contribution < 1.29 is 18.4 Å². The SMILES string of the molecule is CN(C(=O)N1CCC(C(=O)c2ccc(N(C)S(=O)O)cc2)CC1)c1ccccc1. The maximum atomic E-state index is 12.8. The predicted octanol–water partition coefficient (Wildman–Crippen LogP) is 3.41. The number of likely N-dealkylation sites (tertiary alicyclic amines) is 1. The molecule has 7 nitrogen and oxygen atoms in total. The van der Waals surface area contributed by atoms with Crippen LogP contribution in [0.3, 0.4) is 0 Å². The minimum atomic E-state index is -2.10. The number of carbonyl (C=O) groups excluding carboxylic acids is 2. The van der Waals surface area contributed by atoms with Crippen LogP contribution in [0.2, 0.25) is 0 Å². The predicted molar refractivity (Wildman–Crippen MR) is 114 cm³/mol. The summed E-state index contributed by atoms with van der Waals surface area (Å²) in [4.78, 5) is 28.9. The summed E-state index contributed by atoms with van der Waals surface area (Å²) in [5.41, 5.74) is 1.98. The van der Waals surface area contributed by atoms with Gasteiger partial charge in [0.05, 0.1) is 5.69 Å². The molecule has 2 amide bonds. The maximum absolute atomic E-state index is 12.8. The van der Waals surface area contributed by atoms with Crippen LogP contribution < -0.4 is 9.21 Å². The second kappa shape index (κ2) is 9.19. The molecule has 1 saturated heterocycles. The molecule has 1 fully saturated rings. The van der Waals surface area contributed by atoms with E-state index in [1.54, 1.807) is 41.1 Å². The van der Waals surface area contributed by atoms with E-state index in [0.29, 0.717) is 37.2 Å². The smallest absolute Gasteiger partial charge is 0.324 e. The van der Waals surface area contributed by atoms with Crippen LogP contribution in [-0.4, -0.2) is 52.7 Å². The standard InChI is InChI=1S/C21H25N3O4S/c1-22(18-6-4-3-5-7-18)21(26)24-14-12-17(13-15-24)20(25)16-8-10-19(11-9-16)23(2)29(27)28/h3-11,17H,12-15H2,1-2H3,(H,27,28). The number of urea groups is 1. The zero-order chi connectivity index (χ0) is 21.0. The number of Topliss-reactive ketones (excluding diaryl/α,β-unsaturated/α-hetero) is 1. The molecular weight excluding hydrogens is 390 g/mol. The summed E-state index contributed by atoms with van der Waals surface area (Å²) in [5, 5.41) is 0. The lowest BCUT2D eigenvalue weighted by Crippen LogP contribution is -2.46. The van der Waals surface area contributed by atoms with Crippen LogP contribution in [0.4, 0.5) is 16.2 Å². The third kappa shape index (κ3) is 4.83. The molecule has 0 spiro atoms. The van der Waals surface area contributed by atoms with E-state index in [9.17, 15) is 13.8 Å². The van der Waals surface area contributed by atoms with Crippen LogP contribution in [0.25, 0.3) is 0 Å². The van der Waals surface area contributed by atoms with Crippen molar-refractivity contribution in [3.63, 3.8) is 0 Å². The number of nitrogens with zero attached hydrogens (tertiary/aromatic N) is 3. The zero-order valence-electron chi connectivity index (χ0n) is 16.5. The van der Waals surface area contributed by atoms with E-state index in [4.69, 9.17) is 4.55 Å². The average Bonchev–Trinajstić information content (AvgIpc) is 2.77. The molecule has 1 atom stereocenters. The molecule has 0 aliphatic carbocycles. The largest absolute Gasteiger partial charge is 0.324 e. The first-order chi connectivity index (χ1) is 13.9. The first-order valence-corrected chi connectivity index (χ1v) is 10.5. The van der Waals surface area contributed by atoms with Crippen molar-refractivity contribution in [2.45, 2.75) is 12.8 Å². The van der Waals surface area contributed by atoms with Gasteiger partial charge in [0, 0.05) is 44.4 Å². The average molecular weight is 416 g/mol. The van der Waals surface area contributed by atoms with E-state index >= 15 is 0 Å². The second-order valence-electron chi connectivity index (χ2n) is 7.08. The molecule has 3 rings (SSSR count). The number of hydrogen-bond acceptors (Lipinski definition) is 3. The van der Waals surface area contributed by atoms with E-state index in [0.717, 1.165) is 5.69 Å². The molecule has 0 bridgehead atoms. The molecule has 0 radical (unpaired) electrons. The summed E-state index contributed by atoms with van der Waals surface area (Å²) in [6.45, 7) is 1.08. The Morgan fingerprint density at radius 1 is 0.966 bits per heavy atom. The number of hydrogen-bond donors (Lipinski definition) is 1. The van der Waals surface area contributed by atoms with Crippen molar-refractivity contribution in [3.8, 4) is 0 Å². The molecule has 2 aromatic carbocycles. The Balaban J connectivity index is 1.58. The third-order valence-corrected chi connectivity index (χ3v) is 6.00.